The Bertz CT molecular complexity index is 884. The smallest absolute Gasteiger partial charge is 0.191 e. The Balaban J connectivity index is 1.48. The molecule has 0 unspecified atom stereocenters. The molecule has 0 aliphatic heterocycles. The molecule has 0 aliphatic carbocycles. The first kappa shape index (κ1) is 18.9. The van der Waals surface area contributed by atoms with E-state index in [0.29, 0.717) is 6.54 Å². The second kappa shape index (κ2) is 9.18. The number of guanidine groups is 1. The van der Waals surface area contributed by atoms with Crippen LogP contribution in [0.2, 0.25) is 0 Å². The van der Waals surface area contributed by atoms with E-state index in [1.165, 1.54) is 4.88 Å². The van der Waals surface area contributed by atoms with Crippen LogP contribution in [-0.2, 0) is 13.0 Å². The third-order valence-corrected chi connectivity index (χ3v) is 4.91. The van der Waals surface area contributed by atoms with E-state index >= 15 is 0 Å². The molecule has 0 fully saturated rings. The minimum absolute atomic E-state index is 0.596. The van der Waals surface area contributed by atoms with Crippen LogP contribution >= 0.6 is 11.3 Å². The van der Waals surface area contributed by atoms with E-state index in [9.17, 15) is 0 Å². The number of benzene rings is 1. The molecule has 0 saturated heterocycles. The second-order valence-electron chi connectivity index (χ2n) is 5.92. The van der Waals surface area contributed by atoms with Gasteiger partial charge in [-0.1, -0.05) is 0 Å². The molecule has 0 radical (unpaired) electrons. The van der Waals surface area contributed by atoms with Crippen molar-refractivity contribution in [1.82, 2.24) is 25.4 Å². The van der Waals surface area contributed by atoms with E-state index in [1.807, 2.05) is 47.4 Å². The van der Waals surface area contributed by atoms with Crippen LogP contribution in [0.4, 0.5) is 0 Å². The molecule has 0 atom stereocenters. The highest BCUT2D eigenvalue weighted by molar-refractivity contribution is 7.11. The zero-order chi connectivity index (χ0) is 19.1. The second-order valence-corrected chi connectivity index (χ2v) is 7.24. The Labute approximate surface area is 163 Å². The van der Waals surface area contributed by atoms with Gasteiger partial charge in [-0.05, 0) is 37.3 Å². The molecule has 8 heteroatoms. The van der Waals surface area contributed by atoms with Crippen molar-refractivity contribution in [3.05, 3.63) is 58.3 Å². The first-order valence-electron chi connectivity index (χ1n) is 8.72. The van der Waals surface area contributed by atoms with Gasteiger partial charge in [0.05, 0.1) is 30.0 Å². The third kappa shape index (κ3) is 5.30. The molecule has 3 rings (SSSR count). The van der Waals surface area contributed by atoms with Gasteiger partial charge in [-0.25, -0.2) is 9.67 Å². The van der Waals surface area contributed by atoms with Crippen molar-refractivity contribution in [1.29, 1.82) is 0 Å². The van der Waals surface area contributed by atoms with Crippen LogP contribution in [0.1, 0.15) is 15.6 Å². The van der Waals surface area contributed by atoms with Crippen LogP contribution in [0.15, 0.2) is 47.7 Å². The number of hydrogen-bond donors (Lipinski definition) is 2. The fourth-order valence-electron chi connectivity index (χ4n) is 2.53. The minimum Gasteiger partial charge on any atom is -0.497 e. The molecule has 0 amide bonds. The summed E-state index contributed by atoms with van der Waals surface area (Å²) in [6, 6.07) is 9.78. The lowest BCUT2D eigenvalue weighted by Gasteiger charge is -2.10. The van der Waals surface area contributed by atoms with Crippen molar-refractivity contribution in [2.75, 3.05) is 20.7 Å². The normalized spacial score (nSPS) is 11.4. The lowest BCUT2D eigenvalue weighted by Crippen LogP contribution is -2.37. The van der Waals surface area contributed by atoms with Crippen LogP contribution < -0.4 is 15.4 Å². The highest BCUT2D eigenvalue weighted by Gasteiger charge is 2.04. The van der Waals surface area contributed by atoms with E-state index in [4.69, 9.17) is 4.74 Å². The first-order chi connectivity index (χ1) is 13.2. The quantitative estimate of drug-likeness (QED) is 0.484. The topological polar surface area (TPSA) is 76.4 Å². The van der Waals surface area contributed by atoms with E-state index < -0.39 is 0 Å². The number of aryl methyl sites for hydroxylation is 1. The molecule has 0 spiro atoms. The summed E-state index contributed by atoms with van der Waals surface area (Å²) >= 11 is 1.73. The van der Waals surface area contributed by atoms with Gasteiger partial charge in [0.15, 0.2) is 5.96 Å². The number of nitrogens with zero attached hydrogens (tertiary/aromatic N) is 4. The highest BCUT2D eigenvalue weighted by atomic mass is 32.1. The van der Waals surface area contributed by atoms with Gasteiger partial charge in [-0.2, -0.15) is 5.10 Å². The molecule has 0 saturated carbocycles. The largest absolute Gasteiger partial charge is 0.497 e. The van der Waals surface area contributed by atoms with Crippen LogP contribution in [0.5, 0.6) is 5.75 Å². The number of aliphatic imine (C=N–C) groups is 1. The molecule has 3 aromatic rings. The van der Waals surface area contributed by atoms with Gasteiger partial charge in [0, 0.05) is 37.3 Å². The molecular weight excluding hydrogens is 360 g/mol. The molecule has 2 N–H and O–H groups in total. The minimum atomic E-state index is 0.596. The lowest BCUT2D eigenvalue weighted by atomic mass is 10.3. The van der Waals surface area contributed by atoms with Gasteiger partial charge in [-0.15, -0.1) is 11.3 Å². The zero-order valence-corrected chi connectivity index (χ0v) is 16.6. The maximum atomic E-state index is 5.19. The van der Waals surface area contributed by atoms with E-state index in [1.54, 1.807) is 25.5 Å². The lowest BCUT2D eigenvalue weighted by molar-refractivity contribution is 0.414. The fourth-order valence-corrected chi connectivity index (χ4v) is 3.32. The molecule has 142 valence electrons. The van der Waals surface area contributed by atoms with Crippen molar-refractivity contribution >= 4 is 17.3 Å². The SMILES string of the molecule is CN=C(NCCc1ncc(C)s1)NCc1ccn(-c2ccc(OC)cc2)n1. The van der Waals surface area contributed by atoms with E-state index in [-0.39, 0.29) is 0 Å². The summed E-state index contributed by atoms with van der Waals surface area (Å²) in [7, 11) is 3.42. The summed E-state index contributed by atoms with van der Waals surface area (Å²) in [6.07, 6.45) is 4.73. The van der Waals surface area contributed by atoms with Crippen molar-refractivity contribution in [2.45, 2.75) is 19.9 Å². The fraction of sp³-hybridized carbons (Fsp3) is 0.316. The average Bonchev–Trinajstić information content (AvgIpc) is 3.33. The van der Waals surface area contributed by atoms with Gasteiger partial charge in [0.1, 0.15) is 5.75 Å². The summed E-state index contributed by atoms with van der Waals surface area (Å²) in [5, 5.41) is 12.3. The van der Waals surface area contributed by atoms with Crippen molar-refractivity contribution in [2.24, 2.45) is 4.99 Å². The Morgan fingerprint density at radius 2 is 2.04 bits per heavy atom. The Kier molecular flexibility index (Phi) is 6.43. The Hall–Kier alpha value is -2.87. The maximum Gasteiger partial charge on any atom is 0.191 e. The molecule has 7 nitrogen and oxygen atoms in total. The van der Waals surface area contributed by atoms with Crippen molar-refractivity contribution < 1.29 is 4.74 Å². The van der Waals surface area contributed by atoms with E-state index in [2.05, 4.69) is 32.6 Å². The summed E-state index contributed by atoms with van der Waals surface area (Å²) in [5.41, 5.74) is 1.92. The maximum absolute atomic E-state index is 5.19. The monoisotopic (exact) mass is 384 g/mol. The number of ether oxygens (including phenoxy) is 1. The molecular formula is C19H24N6OS. The summed E-state index contributed by atoms with van der Waals surface area (Å²) in [4.78, 5) is 9.86. The molecule has 2 aromatic heterocycles. The third-order valence-electron chi connectivity index (χ3n) is 3.94. The Morgan fingerprint density at radius 3 is 2.70 bits per heavy atom. The average molecular weight is 385 g/mol. The van der Waals surface area contributed by atoms with Crippen LogP contribution in [0.25, 0.3) is 5.69 Å². The van der Waals surface area contributed by atoms with Gasteiger partial charge in [0.25, 0.3) is 0 Å². The molecule has 2 heterocycles. The molecule has 0 aliphatic rings. The van der Waals surface area contributed by atoms with Crippen LogP contribution in [-0.4, -0.2) is 41.4 Å². The first-order valence-corrected chi connectivity index (χ1v) is 9.54. The molecule has 0 bridgehead atoms. The number of rotatable bonds is 7. The van der Waals surface area contributed by atoms with Crippen molar-refractivity contribution in [3.8, 4) is 11.4 Å². The number of methoxy groups -OCH3 is 1. The van der Waals surface area contributed by atoms with Crippen LogP contribution in [0, 0.1) is 6.92 Å². The van der Waals surface area contributed by atoms with Gasteiger partial charge < -0.3 is 15.4 Å². The number of hydrogen-bond acceptors (Lipinski definition) is 5. The summed E-state index contributed by atoms with van der Waals surface area (Å²) in [6.45, 7) is 3.45. The number of thiazole rings is 1. The predicted octanol–water partition coefficient (Wildman–Crippen LogP) is 2.55. The number of nitrogens with one attached hydrogen (secondary N) is 2. The Morgan fingerprint density at radius 1 is 1.22 bits per heavy atom. The van der Waals surface area contributed by atoms with Crippen molar-refractivity contribution in [3.63, 3.8) is 0 Å². The highest BCUT2D eigenvalue weighted by Crippen LogP contribution is 2.14. The zero-order valence-electron chi connectivity index (χ0n) is 15.8. The summed E-state index contributed by atoms with van der Waals surface area (Å²) in [5.74, 6) is 1.58. The number of aromatic nitrogens is 3. The van der Waals surface area contributed by atoms with Gasteiger partial charge in [0.2, 0.25) is 0 Å². The van der Waals surface area contributed by atoms with E-state index in [0.717, 1.165) is 41.1 Å². The van der Waals surface area contributed by atoms with Gasteiger partial charge >= 0.3 is 0 Å². The summed E-state index contributed by atoms with van der Waals surface area (Å²) < 4.78 is 7.03. The standard InChI is InChI=1S/C19H24N6OS/c1-14-12-22-18(27-14)8-10-21-19(20-2)23-13-15-9-11-25(24-15)16-4-6-17(26-3)7-5-16/h4-7,9,11-12H,8,10,13H2,1-3H3,(H2,20,21,23). The van der Waals surface area contributed by atoms with Gasteiger partial charge in [-0.3, -0.25) is 4.99 Å². The predicted molar refractivity (Wildman–Crippen MR) is 109 cm³/mol. The van der Waals surface area contributed by atoms with Crippen LogP contribution in [0.3, 0.4) is 0 Å². The molecule has 27 heavy (non-hydrogen) atoms. The molecule has 1 aromatic carbocycles.